The molecule has 0 aromatic rings. The predicted octanol–water partition coefficient (Wildman–Crippen LogP) is 0.298. The van der Waals surface area contributed by atoms with Crippen molar-refractivity contribution in [2.45, 2.75) is 6.92 Å². The lowest BCUT2D eigenvalue weighted by Gasteiger charge is -2.03. The second kappa shape index (κ2) is 3.78. The molecule has 48 valence electrons. The van der Waals surface area contributed by atoms with Gasteiger partial charge in [-0.2, -0.15) is 12.6 Å². The van der Waals surface area contributed by atoms with Gasteiger partial charge in [0, 0.05) is 18.7 Å². The number of nitrogens with one attached hydrogen (secondary N) is 1. The highest BCUT2D eigenvalue weighted by molar-refractivity contribution is 7.80. The molecule has 0 aliphatic heterocycles. The van der Waals surface area contributed by atoms with Crippen LogP contribution in [0.3, 0.4) is 0 Å². The highest BCUT2D eigenvalue weighted by Gasteiger charge is 2.06. The smallest absolute Gasteiger partial charge is 0.223 e. The average Bonchev–Trinajstić information content (AvgIpc) is 1.84. The molecule has 1 atom stereocenters. The maximum Gasteiger partial charge on any atom is 0.223 e. The predicted molar refractivity (Wildman–Crippen MR) is 37.1 cm³/mol. The first-order valence-corrected chi connectivity index (χ1v) is 3.18. The van der Waals surface area contributed by atoms with Crippen LogP contribution in [0.4, 0.5) is 0 Å². The molecule has 1 N–H and O–H groups in total. The van der Waals surface area contributed by atoms with E-state index in [9.17, 15) is 4.79 Å². The molecule has 8 heavy (non-hydrogen) atoms. The lowest BCUT2D eigenvalue weighted by Crippen LogP contribution is -2.26. The van der Waals surface area contributed by atoms with Gasteiger partial charge < -0.3 is 5.32 Å². The van der Waals surface area contributed by atoms with E-state index in [0.717, 1.165) is 0 Å². The number of carbonyl (C=O) groups excluding carboxylic acids is 1. The van der Waals surface area contributed by atoms with E-state index in [1.54, 1.807) is 7.05 Å². The number of hydrogen-bond acceptors (Lipinski definition) is 2. The largest absolute Gasteiger partial charge is 0.359 e. The molecule has 0 unspecified atom stereocenters. The second-order valence-electron chi connectivity index (χ2n) is 1.70. The Labute approximate surface area is 55.1 Å². The molecular weight excluding hydrogens is 122 g/mol. The molecule has 3 heteroatoms. The van der Waals surface area contributed by atoms with Crippen molar-refractivity contribution < 1.29 is 4.79 Å². The molecule has 0 heterocycles. The van der Waals surface area contributed by atoms with Crippen LogP contribution < -0.4 is 5.32 Å². The molecule has 0 saturated carbocycles. The molecule has 2 nitrogen and oxygen atoms in total. The van der Waals surface area contributed by atoms with Crippen molar-refractivity contribution in [3.05, 3.63) is 0 Å². The molecule has 0 rings (SSSR count). The zero-order valence-electron chi connectivity index (χ0n) is 5.14. The van der Waals surface area contributed by atoms with Crippen LogP contribution in [0.1, 0.15) is 6.92 Å². The zero-order valence-corrected chi connectivity index (χ0v) is 6.03. The summed E-state index contributed by atoms with van der Waals surface area (Å²) in [6.45, 7) is 1.84. The van der Waals surface area contributed by atoms with E-state index in [4.69, 9.17) is 0 Å². The number of rotatable bonds is 2. The fraction of sp³-hybridized carbons (Fsp3) is 0.800. The summed E-state index contributed by atoms with van der Waals surface area (Å²) in [5.41, 5.74) is 0. The van der Waals surface area contributed by atoms with Crippen molar-refractivity contribution >= 4 is 18.5 Å². The van der Waals surface area contributed by atoms with E-state index in [1.165, 1.54) is 0 Å². The van der Waals surface area contributed by atoms with Gasteiger partial charge in [0.1, 0.15) is 0 Å². The van der Waals surface area contributed by atoms with Gasteiger partial charge >= 0.3 is 0 Å². The van der Waals surface area contributed by atoms with Crippen LogP contribution in [0.2, 0.25) is 0 Å². The summed E-state index contributed by atoms with van der Waals surface area (Å²) in [6.07, 6.45) is 0. The van der Waals surface area contributed by atoms with Crippen LogP contribution in [0.5, 0.6) is 0 Å². The summed E-state index contributed by atoms with van der Waals surface area (Å²) in [5.74, 6) is 0.697. The highest BCUT2D eigenvalue weighted by Crippen LogP contribution is 1.94. The van der Waals surface area contributed by atoms with Gasteiger partial charge in [-0.15, -0.1) is 0 Å². The zero-order chi connectivity index (χ0) is 6.57. The van der Waals surface area contributed by atoms with Gasteiger partial charge in [-0.3, -0.25) is 4.79 Å². The summed E-state index contributed by atoms with van der Waals surface area (Å²) >= 11 is 3.95. The summed E-state index contributed by atoms with van der Waals surface area (Å²) in [7, 11) is 1.63. The van der Waals surface area contributed by atoms with E-state index in [0.29, 0.717) is 5.75 Å². The van der Waals surface area contributed by atoms with Crippen LogP contribution in [0, 0.1) is 5.92 Å². The maximum atomic E-state index is 10.6. The fourth-order valence-corrected chi connectivity index (χ4v) is 0.495. The van der Waals surface area contributed by atoms with Crippen molar-refractivity contribution in [1.29, 1.82) is 0 Å². The molecule has 0 aromatic heterocycles. The minimum Gasteiger partial charge on any atom is -0.359 e. The highest BCUT2D eigenvalue weighted by atomic mass is 32.1. The molecule has 0 fully saturated rings. The third-order valence-electron chi connectivity index (χ3n) is 0.968. The Morgan fingerprint density at radius 2 is 2.38 bits per heavy atom. The van der Waals surface area contributed by atoms with Crippen LogP contribution in [0.15, 0.2) is 0 Å². The number of carbonyl (C=O) groups is 1. The Bertz CT molecular complexity index is 84.5. The maximum absolute atomic E-state index is 10.6. The number of amides is 1. The molecule has 0 aromatic carbocycles. The summed E-state index contributed by atoms with van der Waals surface area (Å²) in [6, 6.07) is 0. The molecule has 1 amide bonds. The van der Waals surface area contributed by atoms with E-state index in [1.807, 2.05) is 6.92 Å². The van der Waals surface area contributed by atoms with Crippen molar-refractivity contribution in [3.8, 4) is 0 Å². The quantitative estimate of drug-likeness (QED) is 0.521. The van der Waals surface area contributed by atoms with Crippen LogP contribution in [-0.2, 0) is 4.79 Å². The first-order valence-electron chi connectivity index (χ1n) is 2.54. The fourth-order valence-electron chi connectivity index (χ4n) is 0.329. The Morgan fingerprint density at radius 3 is 2.50 bits per heavy atom. The third-order valence-corrected chi connectivity index (χ3v) is 1.52. The monoisotopic (exact) mass is 133 g/mol. The standard InChI is InChI=1S/C5H11NOS/c1-4(3-8)5(7)6-2/h4,8H,3H2,1-2H3,(H,6,7)/t4-/m0/s1. The molecular formula is C5H11NOS. The Kier molecular flexibility index (Phi) is 3.69. The summed E-state index contributed by atoms with van der Waals surface area (Å²) < 4.78 is 0. The first-order chi connectivity index (χ1) is 3.72. The number of hydrogen-bond donors (Lipinski definition) is 2. The number of thiol groups is 1. The van der Waals surface area contributed by atoms with Gasteiger partial charge in [-0.25, -0.2) is 0 Å². The molecule has 0 bridgehead atoms. The minimum atomic E-state index is 0.0309. The van der Waals surface area contributed by atoms with E-state index < -0.39 is 0 Å². The minimum absolute atomic E-state index is 0.0309. The molecule has 0 spiro atoms. The van der Waals surface area contributed by atoms with Gasteiger partial charge in [-0.1, -0.05) is 6.92 Å². The van der Waals surface area contributed by atoms with Gasteiger partial charge in [0.15, 0.2) is 0 Å². The van der Waals surface area contributed by atoms with Crippen LogP contribution in [0.25, 0.3) is 0 Å². The summed E-state index contributed by atoms with van der Waals surface area (Å²) in [5, 5.41) is 2.53. The summed E-state index contributed by atoms with van der Waals surface area (Å²) in [4.78, 5) is 10.6. The molecule has 0 radical (unpaired) electrons. The topological polar surface area (TPSA) is 29.1 Å². The van der Waals surface area contributed by atoms with Gasteiger partial charge in [-0.05, 0) is 0 Å². The second-order valence-corrected chi connectivity index (χ2v) is 2.06. The lowest BCUT2D eigenvalue weighted by atomic mass is 10.2. The van der Waals surface area contributed by atoms with Crippen molar-refractivity contribution in [2.75, 3.05) is 12.8 Å². The average molecular weight is 133 g/mol. The Balaban J connectivity index is 3.46. The van der Waals surface area contributed by atoms with Gasteiger partial charge in [0.2, 0.25) is 5.91 Å². The van der Waals surface area contributed by atoms with Crippen molar-refractivity contribution in [1.82, 2.24) is 5.32 Å². The molecule has 0 aliphatic rings. The normalized spacial score (nSPS) is 12.9. The Morgan fingerprint density at radius 1 is 1.88 bits per heavy atom. The van der Waals surface area contributed by atoms with Crippen molar-refractivity contribution in [2.24, 2.45) is 5.92 Å². The van der Waals surface area contributed by atoms with Crippen LogP contribution in [-0.4, -0.2) is 18.7 Å². The van der Waals surface area contributed by atoms with Crippen LogP contribution >= 0.6 is 12.6 Å². The lowest BCUT2D eigenvalue weighted by molar-refractivity contribution is -0.123. The van der Waals surface area contributed by atoms with Gasteiger partial charge in [0.25, 0.3) is 0 Å². The SMILES string of the molecule is CNC(=O)[C@@H](C)CS. The van der Waals surface area contributed by atoms with E-state index >= 15 is 0 Å². The molecule has 0 saturated heterocycles. The Hall–Kier alpha value is -0.180. The van der Waals surface area contributed by atoms with Gasteiger partial charge in [0.05, 0.1) is 0 Å². The third kappa shape index (κ3) is 2.21. The van der Waals surface area contributed by atoms with E-state index in [2.05, 4.69) is 17.9 Å². The first kappa shape index (κ1) is 7.82. The molecule has 0 aliphatic carbocycles. The van der Waals surface area contributed by atoms with E-state index in [-0.39, 0.29) is 11.8 Å². The van der Waals surface area contributed by atoms with Crippen molar-refractivity contribution in [3.63, 3.8) is 0 Å².